The maximum atomic E-state index is 12.1. The zero-order chi connectivity index (χ0) is 15.4. The summed E-state index contributed by atoms with van der Waals surface area (Å²) in [6.45, 7) is 0. The molecule has 0 aliphatic rings. The van der Waals surface area contributed by atoms with Gasteiger partial charge in [-0.2, -0.15) is 5.10 Å². The molecule has 0 aliphatic carbocycles. The number of nitrogens with zero attached hydrogens (tertiary/aromatic N) is 3. The van der Waals surface area contributed by atoms with E-state index in [1.54, 1.807) is 0 Å². The van der Waals surface area contributed by atoms with Gasteiger partial charge in [0.2, 0.25) is 11.6 Å². The van der Waals surface area contributed by atoms with Gasteiger partial charge in [-0.1, -0.05) is 30.0 Å². The third kappa shape index (κ3) is 3.41. The lowest BCUT2D eigenvalue weighted by molar-refractivity contribution is 0.104. The van der Waals surface area contributed by atoms with Crippen molar-refractivity contribution < 1.29 is 9.90 Å². The summed E-state index contributed by atoms with van der Waals surface area (Å²) >= 11 is 2.71. The number of aliphatic hydroxyl groups excluding tert-OH is 1. The second-order valence-corrected chi connectivity index (χ2v) is 6.07. The lowest BCUT2D eigenvalue weighted by Gasteiger charge is -1.95. The largest absolute Gasteiger partial charge is 0.504 e. The molecule has 2 aromatic heterocycles. The summed E-state index contributed by atoms with van der Waals surface area (Å²) in [7, 11) is 0. The van der Waals surface area contributed by atoms with E-state index in [-0.39, 0.29) is 17.4 Å². The molecule has 0 aliphatic heterocycles. The molecule has 3 rings (SSSR count). The number of ketones is 1. The van der Waals surface area contributed by atoms with Crippen LogP contribution in [0.1, 0.15) is 15.6 Å². The van der Waals surface area contributed by atoms with Gasteiger partial charge in [-0.15, -0.1) is 11.3 Å². The van der Waals surface area contributed by atoms with Crippen molar-refractivity contribution in [2.45, 2.75) is 9.92 Å². The van der Waals surface area contributed by atoms with E-state index in [1.165, 1.54) is 29.4 Å². The van der Waals surface area contributed by atoms with Crippen molar-refractivity contribution in [2.75, 3.05) is 0 Å². The van der Waals surface area contributed by atoms with Gasteiger partial charge >= 0.3 is 0 Å². The molecule has 0 bridgehead atoms. The fraction of sp³-hybridized carbons (Fsp3) is 0. The van der Waals surface area contributed by atoms with Crippen LogP contribution in [0, 0.1) is 0 Å². The van der Waals surface area contributed by atoms with Gasteiger partial charge in [0.25, 0.3) is 0 Å². The van der Waals surface area contributed by atoms with Gasteiger partial charge in [0.1, 0.15) is 11.4 Å². The minimum Gasteiger partial charge on any atom is -0.504 e. The van der Waals surface area contributed by atoms with Gasteiger partial charge in [-0.25, -0.2) is 9.97 Å². The Balaban J connectivity index is 1.73. The molecule has 0 radical (unpaired) electrons. The Hall–Kier alpha value is -2.45. The molecule has 2 N–H and O–H groups in total. The molecule has 2 heterocycles. The summed E-state index contributed by atoms with van der Waals surface area (Å²) in [6.07, 6.45) is 2.39. The molecule has 6 nitrogen and oxygen atoms in total. The summed E-state index contributed by atoms with van der Waals surface area (Å²) in [6, 6.07) is 9.77. The summed E-state index contributed by atoms with van der Waals surface area (Å²) in [4.78, 5) is 21.1. The van der Waals surface area contributed by atoms with Crippen molar-refractivity contribution in [3.8, 4) is 0 Å². The second kappa shape index (κ2) is 6.54. The topological polar surface area (TPSA) is 91.8 Å². The highest BCUT2D eigenvalue weighted by atomic mass is 32.2. The Morgan fingerprint density at radius 3 is 2.86 bits per heavy atom. The molecule has 8 heteroatoms. The van der Waals surface area contributed by atoms with Crippen molar-refractivity contribution in [3.63, 3.8) is 0 Å². The van der Waals surface area contributed by atoms with Crippen LogP contribution in [-0.2, 0) is 0 Å². The maximum absolute atomic E-state index is 12.1. The van der Waals surface area contributed by atoms with Crippen LogP contribution in [0.4, 0.5) is 0 Å². The van der Waals surface area contributed by atoms with E-state index in [0.717, 1.165) is 16.0 Å². The van der Waals surface area contributed by atoms with Crippen molar-refractivity contribution in [1.29, 1.82) is 0 Å². The first-order valence-corrected chi connectivity index (χ1v) is 7.91. The number of carbonyl (C=O) groups excluding carboxylic acids is 1. The molecule has 0 amide bonds. The summed E-state index contributed by atoms with van der Waals surface area (Å²) in [5.41, 5.74) is 0. The summed E-state index contributed by atoms with van der Waals surface area (Å²) < 4.78 is 0. The third-order valence-corrected chi connectivity index (χ3v) is 4.50. The van der Waals surface area contributed by atoms with Crippen LogP contribution in [0.15, 0.2) is 58.0 Å². The highest BCUT2D eigenvalue weighted by Gasteiger charge is 2.13. The molecule has 0 saturated carbocycles. The van der Waals surface area contributed by atoms with Crippen LogP contribution in [0.3, 0.4) is 0 Å². The molecule has 0 atom stereocenters. The van der Waals surface area contributed by atoms with Gasteiger partial charge in [0.15, 0.2) is 10.8 Å². The number of carbonyl (C=O) groups is 1. The lowest BCUT2D eigenvalue weighted by atomic mass is 10.3. The van der Waals surface area contributed by atoms with Crippen LogP contribution >= 0.6 is 23.1 Å². The first kappa shape index (κ1) is 14.5. The average Bonchev–Trinajstić information content (AvgIpc) is 3.19. The van der Waals surface area contributed by atoms with Gasteiger partial charge in [0, 0.05) is 16.4 Å². The molecule has 0 saturated heterocycles. The molecule has 3 aromatic rings. The standard InChI is InChI=1S/C14H10N4O2S2/c19-10(13-15-8-16-18-13)6-11(20)14-17-12(7-21-14)22-9-4-2-1-3-5-9/h1-8,19H,(H,15,16,18). The van der Waals surface area contributed by atoms with E-state index in [2.05, 4.69) is 20.2 Å². The Morgan fingerprint density at radius 1 is 1.32 bits per heavy atom. The molecule has 110 valence electrons. The van der Waals surface area contributed by atoms with Crippen LogP contribution in [0.5, 0.6) is 0 Å². The van der Waals surface area contributed by atoms with E-state index in [1.807, 2.05) is 35.7 Å². The third-order valence-electron chi connectivity index (χ3n) is 2.57. The normalized spacial score (nSPS) is 11.5. The minimum absolute atomic E-state index is 0.0730. The van der Waals surface area contributed by atoms with Gasteiger partial charge in [-0.3, -0.25) is 9.89 Å². The molecule has 0 unspecified atom stereocenters. The van der Waals surface area contributed by atoms with Gasteiger partial charge < -0.3 is 5.11 Å². The van der Waals surface area contributed by atoms with Crippen LogP contribution in [0.2, 0.25) is 0 Å². The number of rotatable bonds is 5. The molecular formula is C14H10N4O2S2. The number of hydrogen-bond acceptors (Lipinski definition) is 7. The minimum atomic E-state index is -0.382. The first-order valence-electron chi connectivity index (χ1n) is 6.22. The average molecular weight is 330 g/mol. The molecular weight excluding hydrogens is 320 g/mol. The number of thiazole rings is 1. The molecule has 22 heavy (non-hydrogen) atoms. The number of aliphatic hydroxyl groups is 1. The van der Waals surface area contributed by atoms with Crippen LogP contribution in [-0.4, -0.2) is 31.1 Å². The predicted octanol–water partition coefficient (Wildman–Crippen LogP) is 3.19. The van der Waals surface area contributed by atoms with E-state index in [4.69, 9.17) is 0 Å². The SMILES string of the molecule is O=C(C=C(O)c1nc[nH]n1)c1nc(Sc2ccccc2)cs1. The number of allylic oxidation sites excluding steroid dienone is 1. The highest BCUT2D eigenvalue weighted by molar-refractivity contribution is 7.99. The number of benzene rings is 1. The summed E-state index contributed by atoms with van der Waals surface area (Å²) in [5, 5.41) is 18.8. The number of H-pyrrole nitrogens is 1. The molecule has 0 spiro atoms. The lowest BCUT2D eigenvalue weighted by Crippen LogP contribution is -1.97. The fourth-order valence-corrected chi connectivity index (χ4v) is 3.27. The van der Waals surface area contributed by atoms with Crippen LogP contribution in [0.25, 0.3) is 5.76 Å². The number of hydrogen-bond donors (Lipinski definition) is 2. The Morgan fingerprint density at radius 2 is 2.14 bits per heavy atom. The van der Waals surface area contributed by atoms with E-state index < -0.39 is 0 Å². The van der Waals surface area contributed by atoms with Gasteiger partial charge in [0.05, 0.1) is 0 Å². The predicted molar refractivity (Wildman–Crippen MR) is 84.0 cm³/mol. The zero-order valence-electron chi connectivity index (χ0n) is 11.1. The molecule has 1 aromatic carbocycles. The van der Waals surface area contributed by atoms with Crippen molar-refractivity contribution in [3.05, 3.63) is 58.9 Å². The quantitative estimate of drug-likeness (QED) is 0.424. The monoisotopic (exact) mass is 330 g/mol. The zero-order valence-corrected chi connectivity index (χ0v) is 12.8. The fourth-order valence-electron chi connectivity index (χ4n) is 1.61. The highest BCUT2D eigenvalue weighted by Crippen LogP contribution is 2.28. The molecule has 0 fully saturated rings. The van der Waals surface area contributed by atoms with Crippen LogP contribution < -0.4 is 0 Å². The summed E-state index contributed by atoms with van der Waals surface area (Å²) in [5.74, 6) is -0.602. The Bertz CT molecular complexity index is 797. The number of nitrogens with one attached hydrogen (secondary N) is 1. The van der Waals surface area contributed by atoms with Crippen molar-refractivity contribution in [2.24, 2.45) is 0 Å². The second-order valence-electron chi connectivity index (χ2n) is 4.12. The van der Waals surface area contributed by atoms with Gasteiger partial charge in [-0.05, 0) is 12.1 Å². The van der Waals surface area contributed by atoms with Crippen molar-refractivity contribution in [1.82, 2.24) is 20.2 Å². The first-order chi connectivity index (χ1) is 10.7. The van der Waals surface area contributed by atoms with E-state index >= 15 is 0 Å². The smallest absolute Gasteiger partial charge is 0.218 e. The van der Waals surface area contributed by atoms with Crippen molar-refractivity contribution >= 4 is 34.6 Å². The Labute approximate surface area is 134 Å². The Kier molecular flexibility index (Phi) is 4.31. The maximum Gasteiger partial charge on any atom is 0.218 e. The number of aromatic nitrogens is 4. The van der Waals surface area contributed by atoms with E-state index in [9.17, 15) is 9.90 Å². The van der Waals surface area contributed by atoms with E-state index in [0.29, 0.717) is 5.01 Å². The number of aromatic amines is 1.